The topological polar surface area (TPSA) is 53.2 Å². The van der Waals surface area contributed by atoms with Gasteiger partial charge in [0.1, 0.15) is 5.69 Å². The van der Waals surface area contributed by atoms with Crippen molar-refractivity contribution in [3.63, 3.8) is 0 Å². The van der Waals surface area contributed by atoms with Gasteiger partial charge in [-0.15, -0.1) is 0 Å². The second-order valence-electron chi connectivity index (χ2n) is 6.29. The molecule has 0 saturated heterocycles. The summed E-state index contributed by atoms with van der Waals surface area (Å²) in [5.74, 6) is -0.110. The molecule has 0 unspecified atom stereocenters. The largest absolute Gasteiger partial charge is 0.373 e. The predicted octanol–water partition coefficient (Wildman–Crippen LogP) is 3.97. The van der Waals surface area contributed by atoms with Crippen LogP contribution in [-0.2, 0) is 6.42 Å². The first-order valence-corrected chi connectivity index (χ1v) is 8.65. The number of H-pyrrole nitrogens is 1. The summed E-state index contributed by atoms with van der Waals surface area (Å²) < 4.78 is 0. The fourth-order valence-corrected chi connectivity index (χ4v) is 3.04. The van der Waals surface area contributed by atoms with Crippen LogP contribution in [0.3, 0.4) is 0 Å². The van der Waals surface area contributed by atoms with Crippen LogP contribution in [0.4, 0.5) is 5.69 Å². The van der Waals surface area contributed by atoms with Gasteiger partial charge in [-0.3, -0.25) is 9.59 Å². The molecule has 0 spiro atoms. The molecule has 0 radical (unpaired) electrons. The van der Waals surface area contributed by atoms with Crippen LogP contribution in [0.15, 0.2) is 35.1 Å². The smallest absolute Gasteiger partial charge is 0.272 e. The number of pyridine rings is 1. The summed E-state index contributed by atoms with van der Waals surface area (Å²) in [5, 5.41) is 0. The van der Waals surface area contributed by atoms with Crippen molar-refractivity contribution in [3.8, 4) is 0 Å². The highest BCUT2D eigenvalue weighted by molar-refractivity contribution is 6.13. The van der Waals surface area contributed by atoms with E-state index in [9.17, 15) is 9.59 Å². The molecule has 25 heavy (non-hydrogen) atoms. The highest BCUT2D eigenvalue weighted by atomic mass is 16.1. The third-order valence-corrected chi connectivity index (χ3v) is 4.23. The maximum atomic E-state index is 13.3. The summed E-state index contributed by atoms with van der Waals surface area (Å²) in [7, 11) is 3.58. The lowest BCUT2D eigenvalue weighted by Crippen LogP contribution is -2.27. The van der Waals surface area contributed by atoms with Crippen molar-refractivity contribution < 1.29 is 4.79 Å². The molecular weight excluding hydrogens is 312 g/mol. The van der Waals surface area contributed by atoms with Gasteiger partial charge in [-0.25, -0.2) is 0 Å². The van der Waals surface area contributed by atoms with Gasteiger partial charge in [0.2, 0.25) is 0 Å². The number of aromatic nitrogens is 1. The summed E-state index contributed by atoms with van der Waals surface area (Å²) in [6.07, 6.45) is 5.69. The number of aromatic amines is 1. The van der Waals surface area contributed by atoms with Gasteiger partial charge in [0.15, 0.2) is 5.78 Å². The fourth-order valence-electron chi connectivity index (χ4n) is 3.04. The number of allylic oxidation sites excluding steroid dienone is 1. The molecule has 0 amide bonds. The molecule has 1 N–H and O–H groups in total. The monoisotopic (exact) mass is 338 g/mol. The molecule has 4 nitrogen and oxygen atoms in total. The number of rotatable bonds is 6. The number of ketones is 1. The number of anilines is 1. The first kappa shape index (κ1) is 18.7. The minimum Gasteiger partial charge on any atom is -0.373 e. The van der Waals surface area contributed by atoms with Crippen molar-refractivity contribution in [1.82, 2.24) is 4.98 Å². The van der Waals surface area contributed by atoms with Crippen molar-refractivity contribution in [3.05, 3.63) is 68.6 Å². The van der Waals surface area contributed by atoms with Crippen LogP contribution in [0, 0.1) is 6.92 Å². The van der Waals surface area contributed by atoms with Crippen molar-refractivity contribution in [2.75, 3.05) is 19.0 Å². The Hall–Kier alpha value is -2.62. The van der Waals surface area contributed by atoms with E-state index in [1.807, 2.05) is 38.1 Å². The van der Waals surface area contributed by atoms with Crippen molar-refractivity contribution in [1.29, 1.82) is 0 Å². The molecule has 0 aliphatic heterocycles. The van der Waals surface area contributed by atoms with Crippen LogP contribution in [0.2, 0.25) is 0 Å². The SMILES string of the molecule is CC/C=C/c1cccc(C(=O)c2c(CC)c(C)[nH]c(=O)c2N(C)C)c1. The number of hydrogen-bond donors (Lipinski definition) is 1. The molecule has 0 fully saturated rings. The van der Waals surface area contributed by atoms with Crippen LogP contribution in [0.1, 0.15) is 53.0 Å². The van der Waals surface area contributed by atoms with Crippen molar-refractivity contribution in [2.24, 2.45) is 0 Å². The Kier molecular flexibility index (Phi) is 5.97. The number of carbonyl (C=O) groups excluding carboxylic acids is 1. The molecule has 0 aliphatic carbocycles. The third-order valence-electron chi connectivity index (χ3n) is 4.23. The van der Waals surface area contributed by atoms with Crippen LogP contribution in [-0.4, -0.2) is 24.9 Å². The van der Waals surface area contributed by atoms with E-state index in [0.717, 1.165) is 23.2 Å². The molecule has 0 saturated carbocycles. The van der Waals surface area contributed by atoms with E-state index in [0.29, 0.717) is 23.2 Å². The van der Waals surface area contributed by atoms with Crippen LogP contribution in [0.5, 0.6) is 0 Å². The third kappa shape index (κ3) is 3.90. The number of carbonyl (C=O) groups is 1. The molecule has 0 aliphatic rings. The molecule has 2 rings (SSSR count). The minimum absolute atomic E-state index is 0.110. The standard InChI is InChI=1S/C21H26N2O2/c1-6-8-10-15-11-9-12-16(13-15)20(24)18-17(7-2)14(3)22-21(25)19(18)23(4)5/h8-13H,6-7H2,1-5H3,(H,22,25)/b10-8+. The molecule has 4 heteroatoms. The minimum atomic E-state index is -0.231. The zero-order valence-corrected chi connectivity index (χ0v) is 15.6. The number of nitrogens with zero attached hydrogens (tertiary/aromatic N) is 1. The Morgan fingerprint density at radius 2 is 1.96 bits per heavy atom. The van der Waals surface area contributed by atoms with E-state index in [2.05, 4.69) is 18.0 Å². The molecular formula is C21H26N2O2. The van der Waals surface area contributed by atoms with E-state index in [4.69, 9.17) is 0 Å². The lowest BCUT2D eigenvalue weighted by Gasteiger charge is -2.20. The van der Waals surface area contributed by atoms with Crippen molar-refractivity contribution in [2.45, 2.75) is 33.6 Å². The summed E-state index contributed by atoms with van der Waals surface area (Å²) in [6, 6.07) is 7.54. The summed E-state index contributed by atoms with van der Waals surface area (Å²) >= 11 is 0. The predicted molar refractivity (Wildman–Crippen MR) is 105 cm³/mol. The lowest BCUT2D eigenvalue weighted by atomic mass is 9.93. The maximum Gasteiger partial charge on any atom is 0.272 e. The normalized spacial score (nSPS) is 11.1. The van der Waals surface area contributed by atoms with E-state index < -0.39 is 0 Å². The Morgan fingerprint density at radius 3 is 2.56 bits per heavy atom. The van der Waals surface area contributed by atoms with Gasteiger partial charge < -0.3 is 9.88 Å². The summed E-state index contributed by atoms with van der Waals surface area (Å²) in [4.78, 5) is 30.3. The number of benzene rings is 1. The van der Waals surface area contributed by atoms with Gasteiger partial charge in [0.25, 0.3) is 5.56 Å². The second kappa shape index (κ2) is 7.97. The number of hydrogen-bond acceptors (Lipinski definition) is 3. The Labute approximate surface area is 149 Å². The Balaban J connectivity index is 2.67. The van der Waals surface area contributed by atoms with Crippen LogP contribution < -0.4 is 10.5 Å². The quantitative estimate of drug-likeness (QED) is 0.811. The van der Waals surface area contributed by atoms with E-state index in [1.165, 1.54) is 0 Å². The van der Waals surface area contributed by atoms with Crippen LogP contribution in [0.25, 0.3) is 6.08 Å². The van der Waals surface area contributed by atoms with Crippen molar-refractivity contribution >= 4 is 17.5 Å². The Bertz CT molecular complexity index is 861. The van der Waals surface area contributed by atoms with Crippen LogP contribution >= 0.6 is 0 Å². The first-order chi connectivity index (χ1) is 11.9. The van der Waals surface area contributed by atoms with E-state index in [1.54, 1.807) is 25.1 Å². The molecule has 132 valence electrons. The first-order valence-electron chi connectivity index (χ1n) is 8.65. The zero-order chi connectivity index (χ0) is 18.6. The summed E-state index contributed by atoms with van der Waals surface area (Å²) in [6.45, 7) is 5.91. The second-order valence-corrected chi connectivity index (χ2v) is 6.29. The highest BCUT2D eigenvalue weighted by Gasteiger charge is 2.23. The summed E-state index contributed by atoms with van der Waals surface area (Å²) in [5.41, 5.74) is 3.92. The fraction of sp³-hybridized carbons (Fsp3) is 0.333. The molecule has 1 aromatic heterocycles. The van der Waals surface area contributed by atoms with Gasteiger partial charge in [0.05, 0.1) is 5.56 Å². The molecule has 1 aromatic carbocycles. The van der Waals surface area contributed by atoms with Gasteiger partial charge in [-0.05, 0) is 37.0 Å². The van der Waals surface area contributed by atoms with Gasteiger partial charge in [0, 0.05) is 25.4 Å². The number of aryl methyl sites for hydroxylation is 1. The van der Waals surface area contributed by atoms with E-state index in [-0.39, 0.29) is 11.3 Å². The molecule has 2 aromatic rings. The maximum absolute atomic E-state index is 13.3. The van der Waals surface area contributed by atoms with E-state index >= 15 is 0 Å². The lowest BCUT2D eigenvalue weighted by molar-refractivity contribution is 0.103. The average molecular weight is 338 g/mol. The van der Waals surface area contributed by atoms with Gasteiger partial charge >= 0.3 is 0 Å². The molecule has 0 bridgehead atoms. The molecule has 1 heterocycles. The molecule has 0 atom stereocenters. The Morgan fingerprint density at radius 1 is 1.24 bits per heavy atom. The zero-order valence-electron chi connectivity index (χ0n) is 15.6. The highest BCUT2D eigenvalue weighted by Crippen LogP contribution is 2.25. The van der Waals surface area contributed by atoms with Gasteiger partial charge in [-0.2, -0.15) is 0 Å². The number of nitrogens with one attached hydrogen (secondary N) is 1. The average Bonchev–Trinajstić information content (AvgIpc) is 2.58. The van der Waals surface area contributed by atoms with Gasteiger partial charge in [-0.1, -0.05) is 44.2 Å².